The molecule has 2 unspecified atom stereocenters. The Hall–Kier alpha value is -2.14. The Morgan fingerprint density at radius 3 is 2.47 bits per heavy atom. The Morgan fingerprint density at radius 1 is 1.16 bits per heavy atom. The van der Waals surface area contributed by atoms with E-state index in [0.717, 1.165) is 4.90 Å². The molecule has 0 spiro atoms. The lowest BCUT2D eigenvalue weighted by molar-refractivity contribution is -0.186. The van der Waals surface area contributed by atoms with E-state index in [9.17, 15) is 27.2 Å². The molecule has 4 rings (SSSR count). The zero-order chi connectivity index (χ0) is 23.2. The van der Waals surface area contributed by atoms with E-state index in [1.165, 1.54) is 24.4 Å². The van der Waals surface area contributed by atoms with E-state index in [4.69, 9.17) is 27.9 Å². The molecule has 0 bridgehead atoms. The Balaban J connectivity index is 1.33. The molecule has 2 N–H and O–H groups in total. The van der Waals surface area contributed by atoms with Crippen LogP contribution in [0.15, 0.2) is 24.4 Å². The number of ether oxygens (including phenoxy) is 1. The molecule has 1 aromatic carbocycles. The number of nitrogens with one attached hydrogen (secondary N) is 2. The monoisotopic (exact) mass is 493 g/mol. The van der Waals surface area contributed by atoms with Crippen LogP contribution in [0, 0.1) is 5.82 Å². The van der Waals surface area contributed by atoms with Crippen LogP contribution in [0.3, 0.4) is 0 Å². The second kappa shape index (κ2) is 8.66. The first-order valence-electron chi connectivity index (χ1n) is 9.70. The van der Waals surface area contributed by atoms with Gasteiger partial charge in [-0.2, -0.15) is 13.2 Å². The maximum absolute atomic E-state index is 14.3. The number of rotatable bonds is 5. The number of nitrogens with zero attached hydrogens (tertiary/aromatic N) is 1. The highest BCUT2D eigenvalue weighted by atomic mass is 35.5. The van der Waals surface area contributed by atoms with Crippen molar-refractivity contribution in [2.24, 2.45) is 0 Å². The van der Waals surface area contributed by atoms with Crippen LogP contribution in [0.4, 0.5) is 17.6 Å². The third-order valence-electron chi connectivity index (χ3n) is 5.46. The van der Waals surface area contributed by atoms with Gasteiger partial charge in [-0.1, -0.05) is 23.2 Å². The van der Waals surface area contributed by atoms with E-state index >= 15 is 0 Å². The largest absolute Gasteiger partial charge is 0.471 e. The first-order chi connectivity index (χ1) is 15.1. The maximum Gasteiger partial charge on any atom is 0.471 e. The summed E-state index contributed by atoms with van der Waals surface area (Å²) in [7, 11) is 0. The lowest BCUT2D eigenvalue weighted by atomic mass is 10.0. The third-order valence-corrected chi connectivity index (χ3v) is 6.07. The maximum atomic E-state index is 14.3. The number of amides is 1. The minimum atomic E-state index is -4.87. The fourth-order valence-corrected chi connectivity index (χ4v) is 4.11. The summed E-state index contributed by atoms with van der Waals surface area (Å²) < 4.78 is 57.4. The average Bonchev–Trinajstić information content (AvgIpc) is 3.32. The summed E-state index contributed by atoms with van der Waals surface area (Å²) in [5.74, 6) is -3.36. The summed E-state index contributed by atoms with van der Waals surface area (Å²) in [6.07, 6.45) is -3.53. The number of likely N-dealkylation sites (tertiary alicyclic amines) is 1. The second-order valence-electron chi connectivity index (χ2n) is 7.60. The molecule has 2 aromatic rings. The first-order valence-corrected chi connectivity index (χ1v) is 10.5. The lowest BCUT2D eigenvalue weighted by Gasteiger charge is -2.32. The van der Waals surface area contributed by atoms with Gasteiger partial charge >= 0.3 is 12.1 Å². The van der Waals surface area contributed by atoms with Crippen LogP contribution in [0.25, 0.3) is 0 Å². The summed E-state index contributed by atoms with van der Waals surface area (Å²) in [5, 5.41) is 2.92. The molecule has 32 heavy (non-hydrogen) atoms. The fraction of sp³-hybridized carbons (Fsp3) is 0.400. The van der Waals surface area contributed by atoms with Crippen molar-refractivity contribution in [3.8, 4) is 0 Å². The summed E-state index contributed by atoms with van der Waals surface area (Å²) in [4.78, 5) is 27.7. The quantitative estimate of drug-likeness (QED) is 0.282. The number of epoxide rings is 1. The van der Waals surface area contributed by atoms with Crippen molar-refractivity contribution in [2.45, 2.75) is 37.4 Å². The number of halogens is 6. The van der Waals surface area contributed by atoms with Crippen LogP contribution < -0.4 is 5.32 Å². The number of H-pyrrole nitrogens is 1. The number of piperidine rings is 1. The van der Waals surface area contributed by atoms with Crippen LogP contribution in [-0.4, -0.2) is 53.1 Å². The molecular formula is C20H17Cl2F4N3O3. The van der Waals surface area contributed by atoms with E-state index in [2.05, 4.69) is 10.3 Å². The zero-order valence-corrected chi connectivity index (χ0v) is 17.8. The highest BCUT2D eigenvalue weighted by molar-refractivity contribution is 6.37. The number of carbonyl (C=O) groups excluding carboxylic acids is 2. The van der Waals surface area contributed by atoms with Gasteiger partial charge in [-0.15, -0.1) is 0 Å². The van der Waals surface area contributed by atoms with Crippen molar-refractivity contribution in [1.29, 1.82) is 0 Å². The molecule has 1 amide bonds. The molecule has 0 aliphatic carbocycles. The molecule has 12 heteroatoms. The lowest BCUT2D eigenvalue weighted by Crippen LogP contribution is -2.49. The van der Waals surface area contributed by atoms with E-state index in [0.29, 0.717) is 18.5 Å². The van der Waals surface area contributed by atoms with Crippen LogP contribution in [0.5, 0.6) is 0 Å². The van der Waals surface area contributed by atoms with Gasteiger partial charge in [0.1, 0.15) is 12.3 Å². The minimum Gasteiger partial charge on any atom is -0.362 e. The van der Waals surface area contributed by atoms with Crippen molar-refractivity contribution < 1.29 is 31.9 Å². The van der Waals surface area contributed by atoms with Crippen LogP contribution in [0.1, 0.15) is 40.6 Å². The Morgan fingerprint density at radius 2 is 1.81 bits per heavy atom. The van der Waals surface area contributed by atoms with E-state index in [1.807, 2.05) is 0 Å². The summed E-state index contributed by atoms with van der Waals surface area (Å²) in [6.45, 7) is 0.00101. The standard InChI is InChI=1S/C20H17Cl2F4N3O3/c21-11-1-2-12(22)15(23)14(11)16(30)9-7-13(27-8-9)17-18(32-17)28-10-3-5-29(6-4-10)19(31)20(24,25)26/h1-2,7-8,10,17-18,27-28H,3-6H2. The Bertz CT molecular complexity index is 1050. The molecule has 2 aliphatic rings. The highest BCUT2D eigenvalue weighted by Gasteiger charge is 2.45. The van der Waals surface area contributed by atoms with Gasteiger partial charge in [0.05, 0.1) is 15.6 Å². The third kappa shape index (κ3) is 4.63. The number of ketones is 1. The number of carbonyl (C=O) groups is 2. The molecule has 3 heterocycles. The number of aromatic nitrogens is 1. The van der Waals surface area contributed by atoms with E-state index < -0.39 is 36.0 Å². The van der Waals surface area contributed by atoms with Crippen LogP contribution in [-0.2, 0) is 9.53 Å². The van der Waals surface area contributed by atoms with Gasteiger partial charge in [0.15, 0.2) is 11.6 Å². The molecule has 0 saturated carbocycles. The van der Waals surface area contributed by atoms with Gasteiger partial charge in [0.25, 0.3) is 0 Å². The van der Waals surface area contributed by atoms with Gasteiger partial charge in [-0.05, 0) is 31.0 Å². The molecule has 2 aliphatic heterocycles. The topological polar surface area (TPSA) is 77.7 Å². The first kappa shape index (κ1) is 23.0. The smallest absolute Gasteiger partial charge is 0.362 e. The zero-order valence-electron chi connectivity index (χ0n) is 16.3. The van der Waals surface area contributed by atoms with Crippen molar-refractivity contribution in [2.75, 3.05) is 13.1 Å². The van der Waals surface area contributed by atoms with Gasteiger partial charge < -0.3 is 14.6 Å². The Labute approximate surface area is 189 Å². The van der Waals surface area contributed by atoms with E-state index in [-0.39, 0.29) is 40.3 Å². The van der Waals surface area contributed by atoms with Gasteiger partial charge in [-0.25, -0.2) is 4.39 Å². The highest BCUT2D eigenvalue weighted by Crippen LogP contribution is 2.38. The number of alkyl halides is 3. The van der Waals surface area contributed by atoms with Crippen molar-refractivity contribution in [1.82, 2.24) is 15.2 Å². The molecule has 172 valence electrons. The number of benzene rings is 1. The summed E-state index contributed by atoms with van der Waals surface area (Å²) in [5.41, 5.74) is 0.432. The van der Waals surface area contributed by atoms with Crippen LogP contribution in [0.2, 0.25) is 10.0 Å². The van der Waals surface area contributed by atoms with Crippen molar-refractivity contribution >= 4 is 34.9 Å². The second-order valence-corrected chi connectivity index (χ2v) is 8.41. The van der Waals surface area contributed by atoms with Crippen LogP contribution >= 0.6 is 23.2 Å². The summed E-state index contributed by atoms with van der Waals surface area (Å²) >= 11 is 11.7. The molecule has 2 atom stereocenters. The predicted molar refractivity (Wildman–Crippen MR) is 107 cm³/mol. The molecular weight excluding hydrogens is 477 g/mol. The SMILES string of the molecule is O=C(c1c[nH]c(C2OC2NC2CCN(C(=O)C(F)(F)F)CC2)c1)c1c(Cl)ccc(Cl)c1F. The summed E-state index contributed by atoms with van der Waals surface area (Å²) in [6, 6.07) is 4.01. The van der Waals surface area contributed by atoms with Gasteiger partial charge in [0, 0.05) is 36.6 Å². The number of aromatic amines is 1. The normalized spacial score (nSPS) is 21.6. The van der Waals surface area contributed by atoms with Crippen molar-refractivity contribution in [3.63, 3.8) is 0 Å². The molecule has 2 fully saturated rings. The predicted octanol–water partition coefficient (Wildman–Crippen LogP) is 4.23. The van der Waals surface area contributed by atoms with Gasteiger partial charge in [0.2, 0.25) is 0 Å². The minimum absolute atomic E-state index is 0.000503. The molecule has 6 nitrogen and oxygen atoms in total. The molecule has 0 radical (unpaired) electrons. The van der Waals surface area contributed by atoms with E-state index in [1.54, 1.807) is 0 Å². The fourth-order valence-electron chi connectivity index (χ4n) is 3.72. The molecule has 1 aromatic heterocycles. The number of hydrogen-bond acceptors (Lipinski definition) is 4. The Kier molecular flexibility index (Phi) is 6.23. The number of hydrogen-bond donors (Lipinski definition) is 2. The molecule has 2 saturated heterocycles. The van der Waals surface area contributed by atoms with Crippen molar-refractivity contribution in [3.05, 3.63) is 57.1 Å². The average molecular weight is 494 g/mol. The van der Waals surface area contributed by atoms with Gasteiger partial charge in [-0.3, -0.25) is 14.9 Å².